The van der Waals surface area contributed by atoms with Gasteiger partial charge in [-0.15, -0.1) is 0 Å². The maximum absolute atomic E-state index is 12.7. The summed E-state index contributed by atoms with van der Waals surface area (Å²) in [6, 6.07) is 2.30. The summed E-state index contributed by atoms with van der Waals surface area (Å²) in [6.07, 6.45) is 0.564. The molecule has 4 aliphatic heterocycles. The summed E-state index contributed by atoms with van der Waals surface area (Å²) < 4.78 is 41.2. The van der Waals surface area contributed by atoms with E-state index in [4.69, 9.17) is 38.9 Å². The van der Waals surface area contributed by atoms with Gasteiger partial charge in [0.05, 0.1) is 30.5 Å². The number of hydrogen-bond donors (Lipinski definition) is 1. The molecule has 258 valence electrons. The van der Waals surface area contributed by atoms with Crippen LogP contribution < -0.4 is 29.4 Å². The van der Waals surface area contributed by atoms with Crippen molar-refractivity contribution in [3.63, 3.8) is 0 Å². The second kappa shape index (κ2) is 13.6. The highest BCUT2D eigenvalue weighted by Gasteiger charge is 2.60. The third kappa shape index (κ3) is 5.42. The van der Waals surface area contributed by atoms with Crippen molar-refractivity contribution in [1.29, 1.82) is 5.26 Å². The van der Waals surface area contributed by atoms with Gasteiger partial charge in [-0.3, -0.25) is 19.4 Å². The van der Waals surface area contributed by atoms with E-state index in [9.17, 15) is 14.9 Å². The predicted molar refractivity (Wildman–Crippen MR) is 175 cm³/mol. The molecule has 0 spiro atoms. The van der Waals surface area contributed by atoms with Gasteiger partial charge in [0, 0.05) is 60.2 Å². The molecule has 2 aromatic rings. The number of benzene rings is 2. The molecular weight excluding hydrogens is 640 g/mol. The number of likely N-dealkylation sites (N-methyl/N-ethyl adjacent to an activating group) is 1. The van der Waals surface area contributed by atoms with Crippen molar-refractivity contribution < 1.29 is 42.7 Å². The summed E-state index contributed by atoms with van der Waals surface area (Å²) in [4.78, 5) is 28.9. The second-order valence-electron chi connectivity index (χ2n) is 12.7. The Labute approximate surface area is 284 Å². The smallest absolute Gasteiger partial charge is 0.308 e. The first kappa shape index (κ1) is 34.1. The fourth-order valence-electron chi connectivity index (χ4n) is 8.06. The lowest BCUT2D eigenvalue weighted by atomic mass is 9.71. The highest BCUT2D eigenvalue weighted by atomic mass is 32.2. The van der Waals surface area contributed by atoms with Crippen LogP contribution in [-0.2, 0) is 25.5 Å². The average molecular weight is 683 g/mol. The first-order chi connectivity index (χ1) is 23.1. The third-order valence-corrected chi connectivity index (χ3v) is 11.3. The fraction of sp³-hybridized carbons (Fsp3) is 0.559. The number of fused-ring (bicyclic) bond motifs is 9. The molecule has 48 heavy (non-hydrogen) atoms. The summed E-state index contributed by atoms with van der Waals surface area (Å²) in [7, 11) is 5.21. The van der Waals surface area contributed by atoms with Crippen molar-refractivity contribution in [1.82, 2.24) is 9.80 Å². The number of rotatable bonds is 11. The molecule has 0 radical (unpaired) electrons. The number of aryl methyl sites for hydroxylation is 1. The molecule has 14 heteroatoms. The average Bonchev–Trinajstić information content (AvgIpc) is 3.54. The number of methoxy groups -OCH3 is 2. The summed E-state index contributed by atoms with van der Waals surface area (Å²) in [6.45, 7) is 7.41. The largest absolute Gasteiger partial charge is 0.493 e. The number of nitrogens with two attached hydrogens (primary N) is 1. The van der Waals surface area contributed by atoms with Crippen LogP contribution in [-0.4, -0.2) is 93.6 Å². The lowest BCUT2D eigenvalue weighted by molar-refractivity contribution is -0.134. The van der Waals surface area contributed by atoms with Crippen LogP contribution in [0.2, 0.25) is 0 Å². The first-order valence-corrected chi connectivity index (χ1v) is 16.9. The molecule has 4 aliphatic rings. The fourth-order valence-corrected chi connectivity index (χ4v) is 9.46. The molecule has 13 nitrogen and oxygen atoms in total. The zero-order chi connectivity index (χ0) is 34.4. The van der Waals surface area contributed by atoms with E-state index in [2.05, 4.69) is 21.9 Å². The van der Waals surface area contributed by atoms with Gasteiger partial charge < -0.3 is 38.9 Å². The number of hydrogen-bond acceptors (Lipinski definition) is 14. The minimum atomic E-state index is -0.645. The number of nitrogens with zero attached hydrogens (tertiary/aromatic N) is 3. The standard InChI is InChI=1S/C34H42N4O9S/c1-16-8-20-9-21-22(10-35)38-23(11-43-13-39)25-26(30(47-19(4)40)18(3)31-33(25)46-15-45-31)34(48-12-17(2)36)28(38)27(37(21)5)24(20)32(29(16)42-7)44-14-41-6/h8,13,17,21-23,27-28,34H,9,11-12,14-15,36H2,1-7H3/t17-,21+,22+,23+,27+,28?,34-/m1/s1. The monoisotopic (exact) mass is 682 g/mol. The molecular formula is C34H42N4O9S. The van der Waals surface area contributed by atoms with Gasteiger partial charge in [0.1, 0.15) is 18.4 Å². The summed E-state index contributed by atoms with van der Waals surface area (Å²) in [5, 5.41) is 10.6. The summed E-state index contributed by atoms with van der Waals surface area (Å²) in [5.41, 5.74) is 11.3. The van der Waals surface area contributed by atoms with E-state index in [-0.39, 0.29) is 38.3 Å². The highest BCUT2D eigenvalue weighted by molar-refractivity contribution is 7.99. The Bertz CT molecular complexity index is 1650. The summed E-state index contributed by atoms with van der Waals surface area (Å²) >= 11 is 1.63. The quantitative estimate of drug-likeness (QED) is 0.159. The lowest BCUT2D eigenvalue weighted by Gasteiger charge is -2.61. The molecule has 4 heterocycles. The van der Waals surface area contributed by atoms with Crippen molar-refractivity contribution >= 4 is 24.2 Å². The second-order valence-corrected chi connectivity index (χ2v) is 13.9. The van der Waals surface area contributed by atoms with E-state index in [0.29, 0.717) is 58.5 Å². The van der Waals surface area contributed by atoms with E-state index < -0.39 is 29.3 Å². The van der Waals surface area contributed by atoms with Crippen LogP contribution in [0.1, 0.15) is 64.6 Å². The number of ether oxygens (including phenoxy) is 7. The number of nitriles is 1. The van der Waals surface area contributed by atoms with E-state index in [1.807, 2.05) is 27.8 Å². The van der Waals surface area contributed by atoms with Crippen molar-refractivity contribution in [2.45, 2.75) is 75.6 Å². The first-order valence-electron chi connectivity index (χ1n) is 15.9. The van der Waals surface area contributed by atoms with E-state index in [1.165, 1.54) is 6.92 Å². The van der Waals surface area contributed by atoms with Crippen molar-refractivity contribution in [2.24, 2.45) is 5.73 Å². The SMILES string of the molecule is COCOc1c(OC)c(C)cc2c1[C@H]1C3[C@H](SC[C@@H](C)N)c4c(OC(C)=O)c(C)c5c(c4[C@H](COC=O)N3[C@@H](C#N)[C@H](C2)N1C)OCO5. The Balaban J connectivity index is 1.71. The topological polar surface area (TPSA) is 155 Å². The number of piperazine rings is 1. The maximum atomic E-state index is 12.7. The number of carbonyl (C=O) groups excluding carboxylic acids is 2. The van der Waals surface area contributed by atoms with Crippen LogP contribution >= 0.6 is 11.8 Å². The normalized spacial score (nSPS) is 26.0. The minimum Gasteiger partial charge on any atom is -0.493 e. The molecule has 0 saturated carbocycles. The number of carbonyl (C=O) groups is 2. The van der Waals surface area contributed by atoms with Gasteiger partial charge in [0.15, 0.2) is 29.8 Å². The molecule has 1 fully saturated rings. The molecule has 2 N–H and O–H groups in total. The molecule has 0 aromatic heterocycles. The van der Waals surface area contributed by atoms with Gasteiger partial charge in [-0.1, -0.05) is 6.07 Å². The Morgan fingerprint density at radius 2 is 1.94 bits per heavy atom. The Hall–Kier alpha value is -3.74. The van der Waals surface area contributed by atoms with Gasteiger partial charge in [0.2, 0.25) is 6.79 Å². The summed E-state index contributed by atoms with van der Waals surface area (Å²) in [5.74, 6) is 2.56. The third-order valence-electron chi connectivity index (χ3n) is 9.71. The van der Waals surface area contributed by atoms with E-state index >= 15 is 0 Å². The number of thioether (sulfide) groups is 1. The minimum absolute atomic E-state index is 0.00207. The maximum Gasteiger partial charge on any atom is 0.308 e. The van der Waals surface area contributed by atoms with Crippen LogP contribution in [0.25, 0.3) is 0 Å². The Morgan fingerprint density at radius 1 is 1.19 bits per heavy atom. The molecule has 0 aliphatic carbocycles. The molecule has 2 bridgehead atoms. The van der Waals surface area contributed by atoms with E-state index in [1.54, 1.807) is 26.0 Å². The van der Waals surface area contributed by atoms with Crippen molar-refractivity contribution in [2.75, 3.05) is 47.2 Å². The van der Waals surface area contributed by atoms with Gasteiger partial charge in [-0.2, -0.15) is 17.0 Å². The van der Waals surface area contributed by atoms with Crippen LogP contribution in [0.15, 0.2) is 6.07 Å². The van der Waals surface area contributed by atoms with E-state index in [0.717, 1.165) is 22.3 Å². The zero-order valence-electron chi connectivity index (χ0n) is 28.2. The highest BCUT2D eigenvalue weighted by Crippen LogP contribution is 2.63. The Kier molecular flexibility index (Phi) is 9.70. The van der Waals surface area contributed by atoms with Crippen LogP contribution in [0.3, 0.4) is 0 Å². The molecule has 7 atom stereocenters. The molecule has 1 saturated heterocycles. The Morgan fingerprint density at radius 3 is 2.58 bits per heavy atom. The zero-order valence-corrected chi connectivity index (χ0v) is 29.0. The van der Waals surface area contributed by atoms with Gasteiger partial charge >= 0.3 is 5.97 Å². The van der Waals surface area contributed by atoms with Gasteiger partial charge in [-0.25, -0.2) is 0 Å². The van der Waals surface area contributed by atoms with Gasteiger partial charge in [-0.05, 0) is 45.4 Å². The predicted octanol–water partition coefficient (Wildman–Crippen LogP) is 3.47. The van der Waals surface area contributed by atoms with Gasteiger partial charge in [0.25, 0.3) is 6.47 Å². The number of esters is 1. The van der Waals surface area contributed by atoms with Crippen LogP contribution in [0, 0.1) is 25.2 Å². The molecule has 1 unspecified atom stereocenters. The molecule has 0 amide bonds. The lowest BCUT2D eigenvalue weighted by Crippen LogP contribution is -2.69. The molecule has 6 rings (SSSR count). The van der Waals surface area contributed by atoms with Crippen molar-refractivity contribution in [3.05, 3.63) is 39.4 Å². The van der Waals surface area contributed by atoms with Crippen LogP contribution in [0.5, 0.6) is 28.7 Å². The van der Waals surface area contributed by atoms with Crippen LogP contribution in [0.4, 0.5) is 0 Å². The van der Waals surface area contributed by atoms with Crippen molar-refractivity contribution in [3.8, 4) is 34.8 Å². The molecule has 2 aromatic carbocycles.